The Labute approximate surface area is 97.3 Å². The Hall–Kier alpha value is -2.17. The first-order valence-corrected chi connectivity index (χ1v) is 5.18. The zero-order valence-electron chi connectivity index (χ0n) is 9.22. The molecule has 4 nitrogen and oxygen atoms in total. The van der Waals surface area contributed by atoms with Gasteiger partial charge in [-0.05, 0) is 25.1 Å². The molecule has 1 aromatic carbocycles. The first kappa shape index (κ1) is 11.3. The molecule has 1 N–H and O–H groups in total. The number of hydrogen-bond donors (Lipinski definition) is 1. The van der Waals surface area contributed by atoms with Gasteiger partial charge in [0.1, 0.15) is 11.6 Å². The smallest absolute Gasteiger partial charge is 0.335 e. The van der Waals surface area contributed by atoms with Gasteiger partial charge in [0.15, 0.2) is 0 Å². The van der Waals surface area contributed by atoms with Crippen LogP contribution in [0.4, 0.5) is 4.39 Å². The molecule has 1 aromatic heterocycles. The molecule has 5 heteroatoms. The van der Waals surface area contributed by atoms with Gasteiger partial charge >= 0.3 is 5.97 Å². The van der Waals surface area contributed by atoms with Crippen molar-refractivity contribution >= 4 is 5.97 Å². The zero-order chi connectivity index (χ0) is 12.4. The van der Waals surface area contributed by atoms with E-state index in [2.05, 4.69) is 4.98 Å². The molecule has 0 radical (unpaired) electrons. The van der Waals surface area contributed by atoms with Crippen molar-refractivity contribution < 1.29 is 14.3 Å². The summed E-state index contributed by atoms with van der Waals surface area (Å²) in [4.78, 5) is 14.9. The van der Waals surface area contributed by atoms with Gasteiger partial charge in [0.25, 0.3) is 0 Å². The van der Waals surface area contributed by atoms with E-state index in [9.17, 15) is 9.18 Å². The monoisotopic (exact) mass is 234 g/mol. The van der Waals surface area contributed by atoms with Crippen molar-refractivity contribution in [2.24, 2.45) is 0 Å². The maximum atomic E-state index is 13.7. The molecular formula is C12H11FN2O2. The summed E-state index contributed by atoms with van der Waals surface area (Å²) in [5.74, 6) is -1.12. The molecule has 0 saturated carbocycles. The summed E-state index contributed by atoms with van der Waals surface area (Å²) in [6.45, 7) is 2.55. The van der Waals surface area contributed by atoms with E-state index in [1.807, 2.05) is 6.92 Å². The Bertz CT molecular complexity index is 563. The number of aromatic nitrogens is 2. The van der Waals surface area contributed by atoms with Crippen LogP contribution in [0.15, 0.2) is 30.6 Å². The molecule has 2 aromatic rings. The van der Waals surface area contributed by atoms with Crippen molar-refractivity contribution in [3.05, 3.63) is 42.0 Å². The van der Waals surface area contributed by atoms with Crippen LogP contribution in [0.1, 0.15) is 17.3 Å². The van der Waals surface area contributed by atoms with Crippen molar-refractivity contribution in [3.63, 3.8) is 0 Å². The molecule has 0 fully saturated rings. The molecule has 88 valence electrons. The van der Waals surface area contributed by atoms with Crippen LogP contribution < -0.4 is 0 Å². The highest BCUT2D eigenvalue weighted by molar-refractivity contribution is 5.89. The van der Waals surface area contributed by atoms with Crippen LogP contribution in [0.5, 0.6) is 0 Å². The fourth-order valence-electron chi connectivity index (χ4n) is 1.64. The van der Waals surface area contributed by atoms with E-state index < -0.39 is 11.8 Å². The van der Waals surface area contributed by atoms with Crippen LogP contribution in [-0.4, -0.2) is 20.6 Å². The summed E-state index contributed by atoms with van der Waals surface area (Å²) >= 11 is 0. The Balaban J connectivity index is 2.58. The van der Waals surface area contributed by atoms with Gasteiger partial charge in [-0.25, -0.2) is 14.2 Å². The molecule has 1 heterocycles. The lowest BCUT2D eigenvalue weighted by Gasteiger charge is -2.06. The van der Waals surface area contributed by atoms with Gasteiger partial charge in [0.05, 0.1) is 11.1 Å². The number of carbonyl (C=O) groups is 1. The molecule has 0 unspecified atom stereocenters. The minimum absolute atomic E-state index is 0.0482. The summed E-state index contributed by atoms with van der Waals surface area (Å²) < 4.78 is 15.4. The second-order valence-corrected chi connectivity index (χ2v) is 3.54. The quantitative estimate of drug-likeness (QED) is 0.887. The third kappa shape index (κ3) is 2.04. The third-order valence-corrected chi connectivity index (χ3v) is 2.51. The topological polar surface area (TPSA) is 55.1 Å². The fraction of sp³-hybridized carbons (Fsp3) is 0.167. The van der Waals surface area contributed by atoms with E-state index in [-0.39, 0.29) is 11.1 Å². The average Bonchev–Trinajstić information content (AvgIpc) is 2.77. The van der Waals surface area contributed by atoms with E-state index in [1.54, 1.807) is 17.0 Å². The van der Waals surface area contributed by atoms with Crippen LogP contribution in [0, 0.1) is 5.82 Å². The van der Waals surface area contributed by atoms with Gasteiger partial charge in [-0.3, -0.25) is 0 Å². The molecule has 0 aliphatic rings. The van der Waals surface area contributed by atoms with E-state index in [1.165, 1.54) is 12.1 Å². The van der Waals surface area contributed by atoms with Gasteiger partial charge in [0, 0.05) is 18.9 Å². The van der Waals surface area contributed by atoms with Gasteiger partial charge in [-0.2, -0.15) is 0 Å². The predicted molar refractivity (Wildman–Crippen MR) is 60.3 cm³/mol. The number of nitrogens with zero attached hydrogens (tertiary/aromatic N) is 2. The Morgan fingerprint density at radius 2 is 2.29 bits per heavy atom. The maximum absolute atomic E-state index is 13.7. The third-order valence-electron chi connectivity index (χ3n) is 2.51. The lowest BCUT2D eigenvalue weighted by Crippen LogP contribution is -2.01. The number of aromatic carboxylic acids is 1. The number of halogens is 1. The molecule has 0 bridgehead atoms. The fourth-order valence-corrected chi connectivity index (χ4v) is 1.64. The van der Waals surface area contributed by atoms with Crippen LogP contribution in [0.3, 0.4) is 0 Å². The van der Waals surface area contributed by atoms with E-state index in [0.29, 0.717) is 12.4 Å². The SMILES string of the molecule is CCn1ccnc1-c1cc(C(=O)O)ccc1F. The summed E-state index contributed by atoms with van der Waals surface area (Å²) in [7, 11) is 0. The summed E-state index contributed by atoms with van der Waals surface area (Å²) in [6, 6.07) is 3.68. The van der Waals surface area contributed by atoms with Gasteiger partial charge < -0.3 is 9.67 Å². The number of benzene rings is 1. The maximum Gasteiger partial charge on any atom is 0.335 e. The molecule has 0 aliphatic carbocycles. The van der Waals surface area contributed by atoms with Gasteiger partial charge in [-0.1, -0.05) is 0 Å². The average molecular weight is 234 g/mol. The number of hydrogen-bond acceptors (Lipinski definition) is 2. The highest BCUT2D eigenvalue weighted by Gasteiger charge is 2.13. The summed E-state index contributed by atoms with van der Waals surface area (Å²) in [5, 5.41) is 8.87. The number of carboxylic acids is 1. The summed E-state index contributed by atoms with van der Waals surface area (Å²) in [6.07, 6.45) is 3.29. The normalized spacial score (nSPS) is 10.5. The van der Waals surface area contributed by atoms with Crippen molar-refractivity contribution in [1.29, 1.82) is 0 Å². The number of carboxylic acid groups (broad SMARTS) is 1. The molecular weight excluding hydrogens is 223 g/mol. The van der Waals surface area contributed by atoms with E-state index >= 15 is 0 Å². The largest absolute Gasteiger partial charge is 0.478 e. The number of imidazole rings is 1. The molecule has 0 aliphatic heterocycles. The van der Waals surface area contributed by atoms with Crippen molar-refractivity contribution in [3.8, 4) is 11.4 Å². The molecule has 0 spiro atoms. The van der Waals surface area contributed by atoms with Gasteiger partial charge in [-0.15, -0.1) is 0 Å². The lowest BCUT2D eigenvalue weighted by molar-refractivity contribution is 0.0697. The Morgan fingerprint density at radius 3 is 2.94 bits per heavy atom. The van der Waals surface area contributed by atoms with Crippen molar-refractivity contribution in [2.75, 3.05) is 0 Å². The number of rotatable bonds is 3. The number of aryl methyl sites for hydroxylation is 1. The van der Waals surface area contributed by atoms with E-state index in [4.69, 9.17) is 5.11 Å². The first-order valence-electron chi connectivity index (χ1n) is 5.18. The second-order valence-electron chi connectivity index (χ2n) is 3.54. The first-order chi connectivity index (χ1) is 8.13. The van der Waals surface area contributed by atoms with Crippen LogP contribution >= 0.6 is 0 Å². The predicted octanol–water partition coefficient (Wildman–Crippen LogP) is 2.41. The van der Waals surface area contributed by atoms with Gasteiger partial charge in [0.2, 0.25) is 0 Å². The molecule has 0 amide bonds. The Kier molecular flexibility index (Phi) is 2.91. The van der Waals surface area contributed by atoms with E-state index in [0.717, 1.165) is 6.07 Å². The highest BCUT2D eigenvalue weighted by atomic mass is 19.1. The highest BCUT2D eigenvalue weighted by Crippen LogP contribution is 2.22. The van der Waals surface area contributed by atoms with Crippen LogP contribution in [-0.2, 0) is 6.54 Å². The zero-order valence-corrected chi connectivity index (χ0v) is 9.22. The molecule has 2 rings (SSSR count). The standard InChI is InChI=1S/C12H11FN2O2/c1-2-15-6-5-14-11(15)9-7-8(12(16)17)3-4-10(9)13/h3-7H,2H2,1H3,(H,16,17). The second kappa shape index (κ2) is 4.37. The Morgan fingerprint density at radius 1 is 1.53 bits per heavy atom. The van der Waals surface area contributed by atoms with Crippen LogP contribution in [0.25, 0.3) is 11.4 Å². The molecule has 0 saturated heterocycles. The summed E-state index contributed by atoms with van der Waals surface area (Å²) in [5.41, 5.74) is 0.254. The van der Waals surface area contributed by atoms with Crippen molar-refractivity contribution in [1.82, 2.24) is 9.55 Å². The van der Waals surface area contributed by atoms with Crippen molar-refractivity contribution in [2.45, 2.75) is 13.5 Å². The van der Waals surface area contributed by atoms with Crippen LogP contribution in [0.2, 0.25) is 0 Å². The molecule has 0 atom stereocenters. The minimum atomic E-state index is -1.08. The minimum Gasteiger partial charge on any atom is -0.478 e. The molecule has 17 heavy (non-hydrogen) atoms. The lowest BCUT2D eigenvalue weighted by atomic mass is 10.1.